The first-order valence-corrected chi connectivity index (χ1v) is 7.27. The molecule has 0 saturated carbocycles. The van der Waals surface area contributed by atoms with Gasteiger partial charge in [0.15, 0.2) is 0 Å². The lowest BCUT2D eigenvalue weighted by molar-refractivity contribution is -0.137. The highest BCUT2D eigenvalue weighted by Crippen LogP contribution is 2.29. The van der Waals surface area contributed by atoms with Crippen LogP contribution in [0.4, 0.5) is 0 Å². The van der Waals surface area contributed by atoms with E-state index in [1.54, 1.807) is 0 Å². The summed E-state index contributed by atoms with van der Waals surface area (Å²) in [6, 6.07) is 8.02. The third kappa shape index (κ3) is 3.95. The lowest BCUT2D eigenvalue weighted by atomic mass is 10.1. The Morgan fingerprint density at radius 3 is 2.95 bits per heavy atom. The Balaban J connectivity index is 1.97. The second-order valence-corrected chi connectivity index (χ2v) is 5.59. The van der Waals surface area contributed by atoms with Crippen LogP contribution in [0.1, 0.15) is 31.4 Å². The fourth-order valence-corrected chi connectivity index (χ4v) is 2.73. The van der Waals surface area contributed by atoms with Gasteiger partial charge in [-0.15, -0.1) is 0 Å². The van der Waals surface area contributed by atoms with E-state index in [-0.39, 0.29) is 12.5 Å². The number of rotatable bonds is 5. The number of hydrogen-bond donors (Lipinski definition) is 1. The molecule has 4 nitrogen and oxygen atoms in total. The highest BCUT2D eigenvalue weighted by Gasteiger charge is 2.27. The van der Waals surface area contributed by atoms with Crippen LogP contribution in [0, 0.1) is 0 Å². The molecule has 1 heterocycles. The molecule has 1 aliphatic heterocycles. The molecule has 110 valence electrons. The molecule has 1 aliphatic rings. The molecule has 0 aromatic heterocycles. The first-order chi connectivity index (χ1) is 9.58. The average Bonchev–Trinajstić information content (AvgIpc) is 2.41. The van der Waals surface area contributed by atoms with E-state index in [2.05, 4.69) is 11.8 Å². The SMILES string of the molecule is C[C@@H]1CO[C@H](c2ccccc2Cl)CN1CCCC(=O)O. The summed E-state index contributed by atoms with van der Waals surface area (Å²) in [5, 5.41) is 9.43. The number of benzene rings is 1. The minimum Gasteiger partial charge on any atom is -0.481 e. The Hall–Kier alpha value is -1.10. The van der Waals surface area contributed by atoms with Crippen LogP contribution in [0.2, 0.25) is 5.02 Å². The number of halogens is 1. The third-order valence-corrected chi connectivity index (χ3v) is 3.99. The summed E-state index contributed by atoms with van der Waals surface area (Å²) in [6.45, 7) is 4.27. The molecule has 0 bridgehead atoms. The number of aliphatic carboxylic acids is 1. The summed E-state index contributed by atoms with van der Waals surface area (Å²) >= 11 is 6.21. The van der Waals surface area contributed by atoms with Crippen LogP contribution in [0.25, 0.3) is 0 Å². The van der Waals surface area contributed by atoms with Gasteiger partial charge in [-0.3, -0.25) is 9.69 Å². The zero-order chi connectivity index (χ0) is 14.5. The van der Waals surface area contributed by atoms with Crippen molar-refractivity contribution in [1.29, 1.82) is 0 Å². The van der Waals surface area contributed by atoms with E-state index in [9.17, 15) is 4.79 Å². The number of carboxylic acids is 1. The van der Waals surface area contributed by atoms with E-state index < -0.39 is 5.97 Å². The molecule has 1 aromatic rings. The first kappa shape index (κ1) is 15.3. The van der Waals surface area contributed by atoms with E-state index in [1.807, 2.05) is 24.3 Å². The molecule has 20 heavy (non-hydrogen) atoms. The van der Waals surface area contributed by atoms with Gasteiger partial charge in [-0.2, -0.15) is 0 Å². The van der Waals surface area contributed by atoms with Crippen molar-refractivity contribution in [2.75, 3.05) is 19.7 Å². The molecule has 0 unspecified atom stereocenters. The van der Waals surface area contributed by atoms with E-state index in [4.69, 9.17) is 21.4 Å². The first-order valence-electron chi connectivity index (χ1n) is 6.90. The zero-order valence-electron chi connectivity index (χ0n) is 11.6. The molecule has 2 atom stereocenters. The van der Waals surface area contributed by atoms with Gasteiger partial charge in [0.1, 0.15) is 0 Å². The molecule has 0 radical (unpaired) electrons. The van der Waals surface area contributed by atoms with Crippen LogP contribution < -0.4 is 0 Å². The van der Waals surface area contributed by atoms with Crippen molar-refractivity contribution in [2.24, 2.45) is 0 Å². The number of nitrogens with zero attached hydrogens (tertiary/aromatic N) is 1. The summed E-state index contributed by atoms with van der Waals surface area (Å²) in [5.41, 5.74) is 1.00. The fraction of sp³-hybridized carbons (Fsp3) is 0.533. The second-order valence-electron chi connectivity index (χ2n) is 5.18. The van der Waals surface area contributed by atoms with Gasteiger partial charge in [-0.05, 0) is 26.0 Å². The molecular formula is C15H20ClNO3. The molecule has 1 fully saturated rings. The molecule has 1 aromatic carbocycles. The minimum absolute atomic E-state index is 0.0373. The van der Waals surface area contributed by atoms with Crippen LogP contribution >= 0.6 is 11.6 Å². The maximum Gasteiger partial charge on any atom is 0.303 e. The lowest BCUT2D eigenvalue weighted by Crippen LogP contribution is -2.45. The van der Waals surface area contributed by atoms with E-state index >= 15 is 0 Å². The summed E-state index contributed by atoms with van der Waals surface area (Å²) in [6.07, 6.45) is 0.833. The largest absolute Gasteiger partial charge is 0.481 e. The highest BCUT2D eigenvalue weighted by molar-refractivity contribution is 6.31. The standard InChI is InChI=1S/C15H20ClNO3/c1-11-10-20-14(12-5-2-3-6-13(12)16)9-17(11)8-4-7-15(18)19/h2-3,5-6,11,14H,4,7-10H2,1H3,(H,18,19)/t11-,14+/m1/s1. The Labute approximate surface area is 124 Å². The molecule has 0 spiro atoms. The van der Waals surface area contributed by atoms with Crippen LogP contribution in [-0.2, 0) is 9.53 Å². The highest BCUT2D eigenvalue weighted by atomic mass is 35.5. The van der Waals surface area contributed by atoms with Gasteiger partial charge in [0.05, 0.1) is 12.7 Å². The monoisotopic (exact) mass is 297 g/mol. The lowest BCUT2D eigenvalue weighted by Gasteiger charge is -2.38. The topological polar surface area (TPSA) is 49.8 Å². The molecular weight excluding hydrogens is 278 g/mol. The van der Waals surface area contributed by atoms with Crippen LogP contribution in [0.15, 0.2) is 24.3 Å². The number of ether oxygens (including phenoxy) is 1. The molecule has 2 rings (SSSR count). The van der Waals surface area contributed by atoms with Gasteiger partial charge in [0.25, 0.3) is 0 Å². The summed E-state index contributed by atoms with van der Waals surface area (Å²) in [4.78, 5) is 12.9. The van der Waals surface area contributed by atoms with Crippen LogP contribution in [0.5, 0.6) is 0 Å². The van der Waals surface area contributed by atoms with Crippen molar-refractivity contribution in [2.45, 2.75) is 31.9 Å². The van der Waals surface area contributed by atoms with E-state index in [0.717, 1.165) is 23.7 Å². The van der Waals surface area contributed by atoms with Gasteiger partial charge in [-0.1, -0.05) is 29.8 Å². The number of morpholine rings is 1. The van der Waals surface area contributed by atoms with Crippen molar-refractivity contribution in [3.8, 4) is 0 Å². The zero-order valence-corrected chi connectivity index (χ0v) is 12.3. The number of carbonyl (C=O) groups is 1. The summed E-state index contributed by atoms with van der Waals surface area (Å²) in [5.74, 6) is -0.742. The Morgan fingerprint density at radius 2 is 2.25 bits per heavy atom. The number of hydrogen-bond acceptors (Lipinski definition) is 3. The molecule has 1 saturated heterocycles. The van der Waals surface area contributed by atoms with Crippen LogP contribution in [-0.4, -0.2) is 41.7 Å². The Morgan fingerprint density at radius 1 is 1.50 bits per heavy atom. The normalized spacial score (nSPS) is 23.7. The van der Waals surface area contributed by atoms with Crippen molar-refractivity contribution < 1.29 is 14.6 Å². The maximum absolute atomic E-state index is 10.6. The van der Waals surface area contributed by atoms with Gasteiger partial charge in [-0.25, -0.2) is 0 Å². The Kier molecular flexibility index (Phi) is 5.40. The third-order valence-electron chi connectivity index (χ3n) is 3.65. The second kappa shape index (κ2) is 7.07. The Bertz CT molecular complexity index is 466. The quantitative estimate of drug-likeness (QED) is 0.908. The average molecular weight is 298 g/mol. The smallest absolute Gasteiger partial charge is 0.303 e. The minimum atomic E-state index is -0.742. The number of carboxylic acid groups (broad SMARTS) is 1. The van der Waals surface area contributed by atoms with E-state index in [0.29, 0.717) is 19.1 Å². The predicted molar refractivity (Wildman–Crippen MR) is 78.0 cm³/mol. The van der Waals surface area contributed by atoms with Crippen LogP contribution in [0.3, 0.4) is 0 Å². The van der Waals surface area contributed by atoms with Crippen molar-refractivity contribution >= 4 is 17.6 Å². The maximum atomic E-state index is 10.6. The van der Waals surface area contributed by atoms with Gasteiger partial charge in [0.2, 0.25) is 0 Å². The van der Waals surface area contributed by atoms with Crippen molar-refractivity contribution in [3.05, 3.63) is 34.9 Å². The van der Waals surface area contributed by atoms with Gasteiger partial charge in [0, 0.05) is 29.6 Å². The van der Waals surface area contributed by atoms with Crippen molar-refractivity contribution in [1.82, 2.24) is 4.90 Å². The van der Waals surface area contributed by atoms with E-state index in [1.165, 1.54) is 0 Å². The molecule has 0 aliphatic carbocycles. The van der Waals surface area contributed by atoms with Gasteiger partial charge >= 0.3 is 5.97 Å². The molecule has 0 amide bonds. The summed E-state index contributed by atoms with van der Waals surface area (Å²) in [7, 11) is 0. The predicted octanol–water partition coefficient (Wildman–Crippen LogP) is 2.97. The van der Waals surface area contributed by atoms with Gasteiger partial charge < -0.3 is 9.84 Å². The summed E-state index contributed by atoms with van der Waals surface area (Å²) < 4.78 is 5.87. The molecule has 1 N–H and O–H groups in total. The van der Waals surface area contributed by atoms with Crippen molar-refractivity contribution in [3.63, 3.8) is 0 Å². The fourth-order valence-electron chi connectivity index (χ4n) is 2.48. The molecule has 5 heteroatoms.